The van der Waals surface area contributed by atoms with E-state index in [4.69, 9.17) is 16.7 Å². The molecule has 176 valence electrons. The minimum absolute atomic E-state index is 0.160. The summed E-state index contributed by atoms with van der Waals surface area (Å²) in [5.74, 6) is 0.343. The number of rotatable bonds is 7. The first-order valence-corrected chi connectivity index (χ1v) is 11.9. The van der Waals surface area contributed by atoms with Crippen molar-refractivity contribution in [3.05, 3.63) is 82.5 Å². The number of aromatic nitrogens is 4. The van der Waals surface area contributed by atoms with E-state index in [0.717, 1.165) is 53.0 Å². The maximum atomic E-state index is 12.0. The lowest BCUT2D eigenvalue weighted by Crippen LogP contribution is -2.04. The smallest absolute Gasteiger partial charge is 0.337 e. The standard InChI is InChI=1S/C27H24N4O3S/c1-3-4-8-17-15-18(31-16(2)28-23-12-7-11-22(24(23)31)26(32)33)13-14-19(17)20-9-5-6-10-21(20)25-29-27(35)34-30-25/h5-7,9-15H,3-4,8H2,1-2H3,(H,32,33)(H,29,30,35). The highest BCUT2D eigenvalue weighted by atomic mass is 32.1. The van der Waals surface area contributed by atoms with Crippen molar-refractivity contribution in [2.75, 3.05) is 0 Å². The molecule has 0 aliphatic carbocycles. The molecule has 5 rings (SSSR count). The Kier molecular flexibility index (Phi) is 6.05. The summed E-state index contributed by atoms with van der Waals surface area (Å²) in [7, 11) is 0. The van der Waals surface area contributed by atoms with Gasteiger partial charge in [-0.25, -0.2) is 14.9 Å². The summed E-state index contributed by atoms with van der Waals surface area (Å²) in [6.45, 7) is 4.06. The van der Waals surface area contributed by atoms with Gasteiger partial charge in [0.2, 0.25) is 0 Å². The van der Waals surface area contributed by atoms with E-state index < -0.39 is 5.97 Å². The Labute approximate surface area is 207 Å². The van der Waals surface area contributed by atoms with E-state index in [1.54, 1.807) is 12.1 Å². The van der Waals surface area contributed by atoms with Crippen LogP contribution in [-0.2, 0) is 6.42 Å². The van der Waals surface area contributed by atoms with Gasteiger partial charge in [-0.1, -0.05) is 49.7 Å². The molecular formula is C27H24N4O3S. The Hall–Kier alpha value is -4.04. The minimum atomic E-state index is -0.974. The molecule has 0 saturated carbocycles. The summed E-state index contributed by atoms with van der Waals surface area (Å²) >= 11 is 5.06. The lowest BCUT2D eigenvalue weighted by Gasteiger charge is -2.16. The monoisotopic (exact) mass is 484 g/mol. The van der Waals surface area contributed by atoms with E-state index >= 15 is 0 Å². The molecule has 5 aromatic rings. The van der Waals surface area contributed by atoms with Gasteiger partial charge >= 0.3 is 10.8 Å². The van der Waals surface area contributed by atoms with Crippen LogP contribution in [0, 0.1) is 11.8 Å². The molecule has 0 unspecified atom stereocenters. The normalized spacial score (nSPS) is 11.3. The number of aromatic carboxylic acids is 1. The summed E-state index contributed by atoms with van der Waals surface area (Å²) < 4.78 is 7.11. The molecule has 2 heterocycles. The number of imidazole rings is 1. The van der Waals surface area contributed by atoms with Crippen molar-refractivity contribution in [2.45, 2.75) is 33.1 Å². The topological polar surface area (TPSA) is 96.9 Å². The molecule has 0 aliphatic rings. The Bertz CT molecular complexity index is 1610. The molecule has 0 atom stereocenters. The van der Waals surface area contributed by atoms with Crippen LogP contribution in [0.3, 0.4) is 0 Å². The van der Waals surface area contributed by atoms with Crippen LogP contribution in [0.15, 0.2) is 65.2 Å². The highest BCUT2D eigenvalue weighted by Crippen LogP contribution is 2.35. The minimum Gasteiger partial charge on any atom is -0.478 e. The number of fused-ring (bicyclic) bond motifs is 1. The predicted octanol–water partition coefficient (Wildman–Crippen LogP) is 6.75. The van der Waals surface area contributed by atoms with Crippen LogP contribution in [-0.4, -0.2) is 30.8 Å². The van der Waals surface area contributed by atoms with Crippen molar-refractivity contribution in [3.8, 4) is 28.2 Å². The molecule has 7 nitrogen and oxygen atoms in total. The third-order valence-corrected chi connectivity index (χ3v) is 6.31. The average molecular weight is 485 g/mol. The van der Waals surface area contributed by atoms with E-state index in [-0.39, 0.29) is 10.4 Å². The van der Waals surface area contributed by atoms with E-state index in [2.05, 4.69) is 40.2 Å². The average Bonchev–Trinajstić information content (AvgIpc) is 3.44. The SMILES string of the molecule is CCCCc1cc(-n2c(C)nc3cccc(C(=O)O)c32)ccc1-c1ccccc1-c1nc(=S)o[nH]1. The number of carboxylic acids is 1. The second-order valence-corrected chi connectivity index (χ2v) is 8.74. The van der Waals surface area contributed by atoms with Gasteiger partial charge in [-0.15, -0.1) is 0 Å². The fourth-order valence-electron chi connectivity index (χ4n) is 4.56. The van der Waals surface area contributed by atoms with Gasteiger partial charge < -0.3 is 9.63 Å². The van der Waals surface area contributed by atoms with E-state index in [1.807, 2.05) is 41.8 Å². The first-order valence-electron chi connectivity index (χ1n) is 11.5. The van der Waals surface area contributed by atoms with Crippen molar-refractivity contribution in [1.82, 2.24) is 19.7 Å². The van der Waals surface area contributed by atoms with Gasteiger partial charge in [-0.05, 0) is 72.9 Å². The maximum Gasteiger partial charge on any atom is 0.337 e. The van der Waals surface area contributed by atoms with E-state index in [1.165, 1.54) is 0 Å². The molecule has 0 fully saturated rings. The van der Waals surface area contributed by atoms with Gasteiger partial charge in [-0.2, -0.15) is 4.98 Å². The molecule has 35 heavy (non-hydrogen) atoms. The van der Waals surface area contributed by atoms with Crippen LogP contribution in [0.1, 0.15) is 41.5 Å². The lowest BCUT2D eigenvalue weighted by atomic mass is 9.92. The number of nitrogens with one attached hydrogen (secondary N) is 1. The van der Waals surface area contributed by atoms with Crippen molar-refractivity contribution in [3.63, 3.8) is 0 Å². The fourth-order valence-corrected chi connectivity index (χ4v) is 4.69. The quantitative estimate of drug-likeness (QED) is 0.248. The van der Waals surface area contributed by atoms with Gasteiger partial charge in [0.1, 0.15) is 5.82 Å². The predicted molar refractivity (Wildman–Crippen MR) is 137 cm³/mol. The van der Waals surface area contributed by atoms with Gasteiger partial charge in [0.15, 0.2) is 5.82 Å². The summed E-state index contributed by atoms with van der Waals surface area (Å²) in [5, 5.41) is 12.6. The number of hydrogen-bond acceptors (Lipinski definition) is 5. The Morgan fingerprint density at radius 1 is 1.06 bits per heavy atom. The summed E-state index contributed by atoms with van der Waals surface area (Å²) in [6, 6.07) is 19.4. The number of carboxylic acid groups (broad SMARTS) is 1. The van der Waals surface area contributed by atoms with Gasteiger partial charge in [-0.3, -0.25) is 4.57 Å². The van der Waals surface area contributed by atoms with Crippen LogP contribution in [0.25, 0.3) is 39.2 Å². The lowest BCUT2D eigenvalue weighted by molar-refractivity contribution is 0.0698. The molecule has 0 radical (unpaired) electrons. The highest BCUT2D eigenvalue weighted by Gasteiger charge is 2.19. The van der Waals surface area contributed by atoms with Crippen LogP contribution in [0.4, 0.5) is 0 Å². The fraction of sp³-hybridized carbons (Fsp3) is 0.185. The first-order chi connectivity index (χ1) is 17.0. The molecule has 2 aromatic heterocycles. The number of aryl methyl sites for hydroxylation is 2. The van der Waals surface area contributed by atoms with Crippen molar-refractivity contribution in [1.29, 1.82) is 0 Å². The van der Waals surface area contributed by atoms with E-state index in [9.17, 15) is 9.90 Å². The number of aromatic amines is 1. The number of H-pyrrole nitrogens is 1. The molecule has 0 aliphatic heterocycles. The number of hydrogen-bond donors (Lipinski definition) is 2. The zero-order chi connectivity index (χ0) is 24.5. The summed E-state index contributed by atoms with van der Waals surface area (Å²) in [4.78, 5) is 21.1. The van der Waals surface area contributed by atoms with Crippen LogP contribution < -0.4 is 0 Å². The number of carbonyl (C=O) groups is 1. The van der Waals surface area contributed by atoms with Gasteiger partial charge in [0.05, 0.1) is 16.6 Å². The van der Waals surface area contributed by atoms with Crippen LogP contribution >= 0.6 is 12.2 Å². The Morgan fingerprint density at radius 3 is 2.57 bits per heavy atom. The zero-order valence-corrected chi connectivity index (χ0v) is 20.2. The highest BCUT2D eigenvalue weighted by molar-refractivity contribution is 7.71. The number of benzene rings is 3. The largest absolute Gasteiger partial charge is 0.478 e. The third-order valence-electron chi connectivity index (χ3n) is 6.13. The number of unbranched alkanes of at least 4 members (excludes halogenated alkanes) is 1. The second kappa shape index (κ2) is 9.31. The zero-order valence-electron chi connectivity index (χ0n) is 19.4. The molecule has 3 aromatic carbocycles. The van der Waals surface area contributed by atoms with Crippen molar-refractivity contribution >= 4 is 29.2 Å². The Balaban J connectivity index is 1.72. The van der Waals surface area contributed by atoms with Crippen LogP contribution in [0.2, 0.25) is 0 Å². The van der Waals surface area contributed by atoms with Crippen molar-refractivity contribution in [2.24, 2.45) is 0 Å². The number of nitrogens with zero attached hydrogens (tertiary/aromatic N) is 3. The summed E-state index contributed by atoms with van der Waals surface area (Å²) in [6.07, 6.45) is 2.95. The van der Waals surface area contributed by atoms with Gasteiger partial charge in [0.25, 0.3) is 0 Å². The van der Waals surface area contributed by atoms with Crippen LogP contribution in [0.5, 0.6) is 0 Å². The van der Waals surface area contributed by atoms with Gasteiger partial charge in [0, 0.05) is 11.3 Å². The molecule has 8 heteroatoms. The molecule has 0 saturated heterocycles. The van der Waals surface area contributed by atoms with E-state index in [0.29, 0.717) is 16.9 Å². The number of para-hydroxylation sites is 1. The third kappa shape index (κ3) is 4.17. The van der Waals surface area contributed by atoms with Crippen molar-refractivity contribution < 1.29 is 14.4 Å². The summed E-state index contributed by atoms with van der Waals surface area (Å²) in [5.41, 5.74) is 6.53. The second-order valence-electron chi connectivity index (χ2n) is 8.39. The first kappa shape index (κ1) is 22.7. The molecule has 0 amide bonds. The molecule has 2 N–H and O–H groups in total. The Morgan fingerprint density at radius 2 is 1.86 bits per heavy atom. The molecule has 0 bridgehead atoms. The molecular weight excluding hydrogens is 460 g/mol. The molecule has 0 spiro atoms. The maximum absolute atomic E-state index is 12.0.